The van der Waals surface area contributed by atoms with Crippen molar-refractivity contribution < 1.29 is 17.9 Å². The van der Waals surface area contributed by atoms with Gasteiger partial charge in [-0.2, -0.15) is 5.10 Å². The van der Waals surface area contributed by atoms with Gasteiger partial charge in [0, 0.05) is 20.3 Å². The zero-order chi connectivity index (χ0) is 15.3. The highest BCUT2D eigenvalue weighted by atomic mass is 32.2. The van der Waals surface area contributed by atoms with E-state index in [1.165, 1.54) is 0 Å². The monoisotopic (exact) mass is 304 g/mol. The minimum Gasteiger partial charge on any atom is -0.385 e. The first-order chi connectivity index (χ1) is 9.29. The smallest absolute Gasteiger partial charge is 0.273 e. The molecule has 1 rings (SSSR count). The van der Waals surface area contributed by atoms with E-state index in [0.29, 0.717) is 25.3 Å². The molecule has 1 aromatic rings. The van der Waals surface area contributed by atoms with Gasteiger partial charge in [-0.3, -0.25) is 9.89 Å². The number of nitrogens with zero attached hydrogens (tertiary/aromatic N) is 1. The molecule has 0 aliphatic rings. The van der Waals surface area contributed by atoms with Crippen molar-refractivity contribution in [3.63, 3.8) is 0 Å². The highest BCUT2D eigenvalue weighted by Crippen LogP contribution is 2.23. The molecule has 1 amide bonds. The zero-order valence-corrected chi connectivity index (χ0v) is 12.6. The van der Waals surface area contributed by atoms with Gasteiger partial charge >= 0.3 is 0 Å². The molecule has 1 aromatic heterocycles. The van der Waals surface area contributed by atoms with Crippen molar-refractivity contribution in [3.8, 4) is 0 Å². The van der Waals surface area contributed by atoms with E-state index in [1.54, 1.807) is 21.0 Å². The molecule has 0 fully saturated rings. The third-order valence-corrected chi connectivity index (χ3v) is 3.62. The SMILES string of the molecule is COCCCNC(=O)c1n[nH]c(C(C)C)c1S(N)(=O)=O. The maximum Gasteiger partial charge on any atom is 0.273 e. The Morgan fingerprint density at radius 1 is 1.50 bits per heavy atom. The van der Waals surface area contributed by atoms with Gasteiger partial charge in [0.25, 0.3) is 5.91 Å². The van der Waals surface area contributed by atoms with Crippen molar-refractivity contribution in [1.82, 2.24) is 15.5 Å². The van der Waals surface area contributed by atoms with Crippen LogP contribution in [0.3, 0.4) is 0 Å². The van der Waals surface area contributed by atoms with Crippen LogP contribution in [0, 0.1) is 0 Å². The van der Waals surface area contributed by atoms with Crippen LogP contribution in [0.15, 0.2) is 4.90 Å². The zero-order valence-electron chi connectivity index (χ0n) is 11.8. The summed E-state index contributed by atoms with van der Waals surface area (Å²) in [5.41, 5.74) is 0.128. The maximum absolute atomic E-state index is 12.0. The lowest BCUT2D eigenvalue weighted by Gasteiger charge is -2.07. The Balaban J connectivity index is 2.98. The second kappa shape index (κ2) is 6.82. The normalized spacial score (nSPS) is 11.8. The predicted molar refractivity (Wildman–Crippen MR) is 72.9 cm³/mol. The summed E-state index contributed by atoms with van der Waals surface area (Å²) in [6.45, 7) is 4.42. The lowest BCUT2D eigenvalue weighted by Crippen LogP contribution is -2.28. The Kier molecular flexibility index (Phi) is 5.66. The fourth-order valence-electron chi connectivity index (χ4n) is 1.68. The number of hydrogen-bond acceptors (Lipinski definition) is 5. The third-order valence-electron chi connectivity index (χ3n) is 2.64. The van der Waals surface area contributed by atoms with Gasteiger partial charge in [0.2, 0.25) is 10.0 Å². The maximum atomic E-state index is 12.0. The van der Waals surface area contributed by atoms with Crippen LogP contribution < -0.4 is 10.5 Å². The van der Waals surface area contributed by atoms with Gasteiger partial charge < -0.3 is 10.1 Å². The van der Waals surface area contributed by atoms with Crippen LogP contribution in [-0.2, 0) is 14.8 Å². The third kappa shape index (κ3) is 4.02. The van der Waals surface area contributed by atoms with E-state index < -0.39 is 15.9 Å². The molecule has 1 heterocycles. The van der Waals surface area contributed by atoms with Crippen LogP contribution in [0.25, 0.3) is 0 Å². The molecule has 0 aliphatic heterocycles. The van der Waals surface area contributed by atoms with Crippen molar-refractivity contribution in [1.29, 1.82) is 0 Å². The molecule has 20 heavy (non-hydrogen) atoms. The van der Waals surface area contributed by atoms with Gasteiger partial charge in [-0.05, 0) is 12.3 Å². The summed E-state index contributed by atoms with van der Waals surface area (Å²) in [5.74, 6) is -0.723. The number of nitrogens with two attached hydrogens (primary N) is 1. The fourth-order valence-corrected chi connectivity index (χ4v) is 2.68. The number of nitrogens with one attached hydrogen (secondary N) is 2. The Bertz CT molecular complexity index is 565. The molecule has 8 nitrogen and oxygen atoms in total. The Labute approximate surface area is 118 Å². The molecule has 4 N–H and O–H groups in total. The van der Waals surface area contributed by atoms with Crippen LogP contribution in [-0.4, -0.2) is 44.8 Å². The second-order valence-corrected chi connectivity index (χ2v) is 6.12. The lowest BCUT2D eigenvalue weighted by atomic mass is 10.1. The van der Waals surface area contributed by atoms with E-state index in [4.69, 9.17) is 9.88 Å². The number of rotatable bonds is 7. The molecule has 114 valence electrons. The summed E-state index contributed by atoms with van der Waals surface area (Å²) >= 11 is 0. The summed E-state index contributed by atoms with van der Waals surface area (Å²) in [4.78, 5) is 11.7. The topological polar surface area (TPSA) is 127 Å². The molecule has 0 aromatic carbocycles. The number of aromatic amines is 1. The van der Waals surface area contributed by atoms with Gasteiger partial charge in [0.15, 0.2) is 5.69 Å². The number of primary sulfonamides is 1. The highest BCUT2D eigenvalue weighted by molar-refractivity contribution is 7.89. The number of carbonyl (C=O) groups is 1. The molecule has 0 atom stereocenters. The van der Waals surface area contributed by atoms with E-state index in [1.807, 2.05) is 0 Å². The average Bonchev–Trinajstić information content (AvgIpc) is 2.79. The molecule has 0 spiro atoms. The lowest BCUT2D eigenvalue weighted by molar-refractivity contribution is 0.0940. The summed E-state index contributed by atoms with van der Waals surface area (Å²) in [6.07, 6.45) is 0.619. The van der Waals surface area contributed by atoms with Crippen molar-refractivity contribution in [3.05, 3.63) is 11.4 Å². The molecule has 0 saturated carbocycles. The Morgan fingerprint density at radius 2 is 2.15 bits per heavy atom. The molecule has 0 saturated heterocycles. The summed E-state index contributed by atoms with van der Waals surface area (Å²) < 4.78 is 28.1. The first-order valence-electron chi connectivity index (χ1n) is 6.17. The van der Waals surface area contributed by atoms with E-state index in [-0.39, 0.29) is 16.5 Å². The minimum absolute atomic E-state index is 0.147. The van der Waals surface area contributed by atoms with E-state index in [9.17, 15) is 13.2 Å². The molecular weight excluding hydrogens is 284 g/mol. The molecule has 0 unspecified atom stereocenters. The number of hydrogen-bond donors (Lipinski definition) is 3. The summed E-state index contributed by atoms with van der Waals surface area (Å²) in [6, 6.07) is 0. The van der Waals surface area contributed by atoms with Crippen LogP contribution in [0.5, 0.6) is 0 Å². The van der Waals surface area contributed by atoms with Crippen LogP contribution in [0.2, 0.25) is 0 Å². The van der Waals surface area contributed by atoms with Crippen molar-refractivity contribution in [2.75, 3.05) is 20.3 Å². The molecule has 9 heteroatoms. The first-order valence-corrected chi connectivity index (χ1v) is 7.71. The van der Waals surface area contributed by atoms with Crippen LogP contribution in [0.4, 0.5) is 0 Å². The Hall–Kier alpha value is -1.45. The van der Waals surface area contributed by atoms with Crippen molar-refractivity contribution >= 4 is 15.9 Å². The predicted octanol–water partition coefficient (Wildman–Crippen LogP) is -0.0532. The quantitative estimate of drug-likeness (QED) is 0.608. The summed E-state index contributed by atoms with van der Waals surface area (Å²) in [5, 5.41) is 14.1. The number of H-pyrrole nitrogens is 1. The van der Waals surface area contributed by atoms with Gasteiger partial charge in [0.1, 0.15) is 4.90 Å². The number of amides is 1. The van der Waals surface area contributed by atoms with E-state index >= 15 is 0 Å². The van der Waals surface area contributed by atoms with Crippen LogP contribution >= 0.6 is 0 Å². The van der Waals surface area contributed by atoms with Gasteiger partial charge in [0.05, 0.1) is 5.69 Å². The molecular formula is C11H20N4O4S. The van der Waals surface area contributed by atoms with Gasteiger partial charge in [-0.1, -0.05) is 13.8 Å². The highest BCUT2D eigenvalue weighted by Gasteiger charge is 2.28. The molecule has 0 aliphatic carbocycles. The van der Waals surface area contributed by atoms with Gasteiger partial charge in [-0.15, -0.1) is 0 Å². The van der Waals surface area contributed by atoms with E-state index in [2.05, 4.69) is 15.5 Å². The van der Waals surface area contributed by atoms with Crippen molar-refractivity contribution in [2.45, 2.75) is 31.1 Å². The number of carbonyl (C=O) groups excluding carboxylic acids is 1. The van der Waals surface area contributed by atoms with Crippen molar-refractivity contribution in [2.24, 2.45) is 5.14 Å². The number of aromatic nitrogens is 2. The first kappa shape index (κ1) is 16.6. The second-order valence-electron chi connectivity index (χ2n) is 4.62. The average molecular weight is 304 g/mol. The number of sulfonamides is 1. The van der Waals surface area contributed by atoms with Gasteiger partial charge in [-0.25, -0.2) is 13.6 Å². The number of methoxy groups -OCH3 is 1. The molecule has 0 radical (unpaired) electrons. The number of ether oxygens (including phenoxy) is 1. The van der Waals surface area contributed by atoms with Crippen LogP contribution in [0.1, 0.15) is 42.4 Å². The Morgan fingerprint density at radius 3 is 2.65 bits per heavy atom. The molecule has 0 bridgehead atoms. The standard InChI is InChI=1S/C11H20N4O4S/c1-7(2)8-10(20(12,17)18)9(15-14-8)11(16)13-5-4-6-19-3/h7H,4-6H2,1-3H3,(H,13,16)(H,14,15)(H2,12,17,18). The summed E-state index contributed by atoms with van der Waals surface area (Å²) in [7, 11) is -2.47. The largest absolute Gasteiger partial charge is 0.385 e. The fraction of sp³-hybridized carbons (Fsp3) is 0.636. The minimum atomic E-state index is -4.03. The van der Waals surface area contributed by atoms with E-state index in [0.717, 1.165) is 0 Å².